The van der Waals surface area contributed by atoms with Crippen molar-refractivity contribution in [3.63, 3.8) is 0 Å². The van der Waals surface area contributed by atoms with Crippen molar-refractivity contribution >= 4 is 11.3 Å². The molecule has 0 bridgehead atoms. The number of thiophene rings is 1. The van der Waals surface area contributed by atoms with E-state index < -0.39 is 6.29 Å². The Hall–Kier alpha value is -1.24. The number of ether oxygens (including phenoxy) is 2. The van der Waals surface area contributed by atoms with Gasteiger partial charge in [0.1, 0.15) is 5.69 Å². The van der Waals surface area contributed by atoms with E-state index >= 15 is 0 Å². The molecule has 18 heavy (non-hydrogen) atoms. The van der Waals surface area contributed by atoms with Gasteiger partial charge in [-0.15, -0.1) is 5.10 Å². The highest BCUT2D eigenvalue weighted by molar-refractivity contribution is 7.07. The van der Waals surface area contributed by atoms with Crippen molar-refractivity contribution in [3.8, 4) is 0 Å². The van der Waals surface area contributed by atoms with Gasteiger partial charge in [-0.05, 0) is 36.2 Å². The molecule has 0 amide bonds. The molecule has 6 heteroatoms. The molecule has 0 radical (unpaired) electrons. The summed E-state index contributed by atoms with van der Waals surface area (Å²) in [6.45, 7) is 5.76. The molecule has 0 aliphatic heterocycles. The highest BCUT2D eigenvalue weighted by Gasteiger charge is 2.15. The van der Waals surface area contributed by atoms with Crippen molar-refractivity contribution in [2.75, 3.05) is 13.2 Å². The predicted molar refractivity (Wildman–Crippen MR) is 69.4 cm³/mol. The van der Waals surface area contributed by atoms with E-state index in [1.54, 1.807) is 16.0 Å². The minimum atomic E-state index is -0.420. The van der Waals surface area contributed by atoms with Crippen LogP contribution >= 0.6 is 11.3 Å². The van der Waals surface area contributed by atoms with Crippen LogP contribution in [0.5, 0.6) is 0 Å². The number of aromatic nitrogens is 3. The zero-order valence-corrected chi connectivity index (χ0v) is 11.4. The molecule has 2 aromatic rings. The Kier molecular flexibility index (Phi) is 4.86. The second kappa shape index (κ2) is 6.63. The lowest BCUT2D eigenvalue weighted by Crippen LogP contribution is -2.09. The minimum absolute atomic E-state index is 0.420. The molecular formula is C12H17N3O2S. The first kappa shape index (κ1) is 13.2. The summed E-state index contributed by atoms with van der Waals surface area (Å²) in [7, 11) is 0. The first-order chi connectivity index (χ1) is 8.83. The van der Waals surface area contributed by atoms with E-state index in [2.05, 4.69) is 27.1 Å². The van der Waals surface area contributed by atoms with Crippen LogP contribution in [0.2, 0.25) is 0 Å². The lowest BCUT2D eigenvalue weighted by molar-refractivity contribution is -0.142. The van der Waals surface area contributed by atoms with Gasteiger partial charge in [0.25, 0.3) is 0 Å². The Labute approximate surface area is 110 Å². The summed E-state index contributed by atoms with van der Waals surface area (Å²) in [4.78, 5) is 0. The topological polar surface area (TPSA) is 49.2 Å². The van der Waals surface area contributed by atoms with Crippen molar-refractivity contribution < 1.29 is 9.47 Å². The fourth-order valence-corrected chi connectivity index (χ4v) is 2.25. The molecule has 2 aromatic heterocycles. The van der Waals surface area contributed by atoms with E-state index in [9.17, 15) is 0 Å². The number of rotatable bonds is 7. The van der Waals surface area contributed by atoms with Crippen LogP contribution in [-0.4, -0.2) is 28.2 Å². The zero-order valence-electron chi connectivity index (χ0n) is 10.6. The molecule has 0 aliphatic rings. The third kappa shape index (κ3) is 3.38. The van der Waals surface area contributed by atoms with Gasteiger partial charge in [-0.25, -0.2) is 4.68 Å². The van der Waals surface area contributed by atoms with Crippen LogP contribution in [0.1, 0.15) is 31.4 Å². The fourth-order valence-electron chi connectivity index (χ4n) is 1.59. The molecule has 98 valence electrons. The van der Waals surface area contributed by atoms with Gasteiger partial charge in [-0.1, -0.05) is 5.21 Å². The molecule has 2 rings (SSSR count). The first-order valence-electron chi connectivity index (χ1n) is 5.97. The van der Waals surface area contributed by atoms with Crippen LogP contribution in [0, 0.1) is 0 Å². The summed E-state index contributed by atoms with van der Waals surface area (Å²) in [5.74, 6) is 0. The van der Waals surface area contributed by atoms with E-state index in [0.717, 1.165) is 6.54 Å². The van der Waals surface area contributed by atoms with Gasteiger partial charge in [0, 0.05) is 13.2 Å². The average Bonchev–Trinajstić information content (AvgIpc) is 3.01. The van der Waals surface area contributed by atoms with Crippen molar-refractivity contribution in [1.29, 1.82) is 0 Å². The highest BCUT2D eigenvalue weighted by Crippen LogP contribution is 2.16. The number of hydrogen-bond donors (Lipinski definition) is 0. The minimum Gasteiger partial charge on any atom is -0.347 e. The van der Waals surface area contributed by atoms with Gasteiger partial charge in [0.2, 0.25) is 6.29 Å². The van der Waals surface area contributed by atoms with Gasteiger partial charge >= 0.3 is 0 Å². The van der Waals surface area contributed by atoms with Gasteiger partial charge in [-0.2, -0.15) is 11.3 Å². The van der Waals surface area contributed by atoms with Gasteiger partial charge < -0.3 is 9.47 Å². The van der Waals surface area contributed by atoms with Crippen LogP contribution < -0.4 is 0 Å². The van der Waals surface area contributed by atoms with Crippen LogP contribution in [-0.2, 0) is 16.0 Å². The number of nitrogens with zero attached hydrogens (tertiary/aromatic N) is 3. The fraction of sp³-hybridized carbons (Fsp3) is 0.500. The van der Waals surface area contributed by atoms with E-state index in [4.69, 9.17) is 9.47 Å². The molecule has 0 N–H and O–H groups in total. The van der Waals surface area contributed by atoms with E-state index in [1.807, 2.05) is 20.0 Å². The quantitative estimate of drug-likeness (QED) is 0.723. The standard InChI is InChI=1S/C12H17N3O2S/c1-3-16-12(17-4-2)11-8-15(14-13-11)7-10-5-6-18-9-10/h5-6,8-9,12H,3-4,7H2,1-2H3. The van der Waals surface area contributed by atoms with Gasteiger partial charge in [0.15, 0.2) is 0 Å². The third-order valence-corrected chi connectivity index (χ3v) is 3.09. The van der Waals surface area contributed by atoms with Gasteiger partial charge in [0.05, 0.1) is 12.7 Å². The average molecular weight is 267 g/mol. The molecule has 5 nitrogen and oxygen atoms in total. The Morgan fingerprint density at radius 2 is 2.11 bits per heavy atom. The maximum Gasteiger partial charge on any atom is 0.204 e. The molecule has 0 spiro atoms. The van der Waals surface area contributed by atoms with E-state index in [-0.39, 0.29) is 0 Å². The smallest absolute Gasteiger partial charge is 0.204 e. The molecule has 0 saturated carbocycles. The van der Waals surface area contributed by atoms with E-state index in [0.29, 0.717) is 18.9 Å². The Bertz CT molecular complexity index is 450. The maximum absolute atomic E-state index is 5.48. The molecule has 0 aliphatic carbocycles. The summed E-state index contributed by atoms with van der Waals surface area (Å²) in [5.41, 5.74) is 1.94. The Morgan fingerprint density at radius 1 is 1.33 bits per heavy atom. The summed E-state index contributed by atoms with van der Waals surface area (Å²) in [5, 5.41) is 12.3. The largest absolute Gasteiger partial charge is 0.347 e. The molecule has 2 heterocycles. The SMILES string of the molecule is CCOC(OCC)c1cn(Cc2ccsc2)nn1. The Morgan fingerprint density at radius 3 is 2.72 bits per heavy atom. The van der Waals surface area contributed by atoms with Crippen molar-refractivity contribution in [1.82, 2.24) is 15.0 Å². The second-order valence-electron chi connectivity index (χ2n) is 3.72. The summed E-state index contributed by atoms with van der Waals surface area (Å²) < 4.78 is 12.8. The molecule has 0 fully saturated rings. The van der Waals surface area contributed by atoms with Crippen molar-refractivity contribution in [2.24, 2.45) is 0 Å². The molecular weight excluding hydrogens is 250 g/mol. The molecule has 0 atom stereocenters. The zero-order chi connectivity index (χ0) is 12.8. The second-order valence-corrected chi connectivity index (χ2v) is 4.50. The first-order valence-corrected chi connectivity index (χ1v) is 6.92. The van der Waals surface area contributed by atoms with E-state index in [1.165, 1.54) is 5.56 Å². The lowest BCUT2D eigenvalue weighted by Gasteiger charge is -2.13. The summed E-state index contributed by atoms with van der Waals surface area (Å²) in [6.07, 6.45) is 1.45. The molecule has 0 unspecified atom stereocenters. The van der Waals surface area contributed by atoms with Crippen LogP contribution in [0.4, 0.5) is 0 Å². The van der Waals surface area contributed by atoms with Gasteiger partial charge in [-0.3, -0.25) is 0 Å². The van der Waals surface area contributed by atoms with Crippen LogP contribution in [0.3, 0.4) is 0 Å². The van der Waals surface area contributed by atoms with Crippen LogP contribution in [0.15, 0.2) is 23.0 Å². The monoisotopic (exact) mass is 267 g/mol. The lowest BCUT2D eigenvalue weighted by atomic mass is 10.3. The Balaban J connectivity index is 2.03. The highest BCUT2D eigenvalue weighted by atomic mass is 32.1. The van der Waals surface area contributed by atoms with Crippen LogP contribution in [0.25, 0.3) is 0 Å². The van der Waals surface area contributed by atoms with Crippen molar-refractivity contribution in [3.05, 3.63) is 34.3 Å². The third-order valence-electron chi connectivity index (χ3n) is 2.36. The normalized spacial score (nSPS) is 11.3. The number of hydrogen-bond acceptors (Lipinski definition) is 5. The summed E-state index contributed by atoms with van der Waals surface area (Å²) in [6, 6.07) is 2.08. The molecule has 0 aromatic carbocycles. The summed E-state index contributed by atoms with van der Waals surface area (Å²) >= 11 is 1.68. The van der Waals surface area contributed by atoms with Crippen molar-refractivity contribution in [2.45, 2.75) is 26.7 Å². The molecule has 0 saturated heterocycles. The maximum atomic E-state index is 5.48. The predicted octanol–water partition coefficient (Wildman–Crippen LogP) is 2.46.